The zero-order valence-corrected chi connectivity index (χ0v) is 26.7. The topological polar surface area (TPSA) is 13.1 Å². The summed E-state index contributed by atoms with van der Waals surface area (Å²) >= 11 is 0. The molecular weight excluding hydrogens is 593 g/mol. The van der Waals surface area contributed by atoms with Gasteiger partial charge in [-0.25, -0.2) is 0 Å². The lowest BCUT2D eigenvalue weighted by Crippen LogP contribution is -1.92. The van der Waals surface area contributed by atoms with Crippen LogP contribution in [0.2, 0.25) is 0 Å². The predicted octanol–water partition coefficient (Wildman–Crippen LogP) is 13.7. The van der Waals surface area contributed by atoms with Crippen LogP contribution in [-0.4, -0.2) is 0 Å². The van der Waals surface area contributed by atoms with Crippen LogP contribution < -0.4 is 0 Å². The minimum absolute atomic E-state index is 0.917. The second-order valence-corrected chi connectivity index (χ2v) is 12.8. The monoisotopic (exact) mass is 622 g/mol. The van der Waals surface area contributed by atoms with E-state index in [1.54, 1.807) is 0 Å². The Morgan fingerprint density at radius 2 is 0.796 bits per heavy atom. The molecule has 228 valence electrons. The fourth-order valence-electron chi connectivity index (χ4n) is 7.77. The second kappa shape index (κ2) is 11.1. The summed E-state index contributed by atoms with van der Waals surface area (Å²) in [4.78, 5) is 0. The maximum atomic E-state index is 6.11. The van der Waals surface area contributed by atoms with Crippen molar-refractivity contribution >= 4 is 54.3 Å². The molecule has 0 aliphatic carbocycles. The normalized spacial score (nSPS) is 11.7. The first-order chi connectivity index (χ1) is 24.3. The summed E-state index contributed by atoms with van der Waals surface area (Å²) in [6.45, 7) is 0. The maximum Gasteiger partial charge on any atom is 0.135 e. The number of fused-ring (bicyclic) bond motifs is 6. The van der Waals surface area contributed by atoms with E-state index in [1.165, 1.54) is 76.8 Å². The third-order valence-corrected chi connectivity index (χ3v) is 10.1. The SMILES string of the molecule is c1ccc(-c2ccc3c(-c4cccc5ccccc45)c4ccccc4c(-c4ccc(-c5ccc6oc7ccccc7c6c5)cc4)c3c2)cc1. The number of benzene rings is 9. The predicted molar refractivity (Wildman–Crippen MR) is 208 cm³/mol. The molecular formula is C48H30O. The zero-order valence-electron chi connectivity index (χ0n) is 26.7. The molecule has 1 heteroatoms. The van der Waals surface area contributed by atoms with Gasteiger partial charge in [0, 0.05) is 10.8 Å². The standard InChI is InChI=1S/C48H30O/c1-2-11-31(12-3-1)35-25-27-42-44(30-35)47(40-17-6-7-18-41(40)48(42)39-19-10-14-33-13-4-5-15-37(33)39)34-23-21-32(22-24-34)36-26-28-46-43(29-36)38-16-8-9-20-45(38)49-46/h1-30H. The Morgan fingerprint density at radius 3 is 1.61 bits per heavy atom. The highest BCUT2D eigenvalue weighted by molar-refractivity contribution is 6.24. The number of hydrogen-bond donors (Lipinski definition) is 0. The molecule has 10 aromatic rings. The Kier molecular flexibility index (Phi) is 6.25. The van der Waals surface area contributed by atoms with E-state index in [9.17, 15) is 0 Å². The van der Waals surface area contributed by atoms with E-state index in [0.717, 1.165) is 21.9 Å². The zero-order chi connectivity index (χ0) is 32.3. The van der Waals surface area contributed by atoms with Crippen LogP contribution in [0.1, 0.15) is 0 Å². The van der Waals surface area contributed by atoms with Gasteiger partial charge in [0.05, 0.1) is 0 Å². The van der Waals surface area contributed by atoms with Gasteiger partial charge >= 0.3 is 0 Å². The minimum Gasteiger partial charge on any atom is -0.456 e. The summed E-state index contributed by atoms with van der Waals surface area (Å²) in [6, 6.07) is 65.9. The average Bonchev–Trinajstić information content (AvgIpc) is 3.55. The first kappa shape index (κ1) is 27.7. The lowest BCUT2D eigenvalue weighted by molar-refractivity contribution is 0.669. The van der Waals surface area contributed by atoms with Crippen LogP contribution >= 0.6 is 0 Å². The van der Waals surface area contributed by atoms with E-state index in [1.807, 2.05) is 12.1 Å². The molecule has 10 rings (SSSR count). The van der Waals surface area contributed by atoms with E-state index in [4.69, 9.17) is 4.42 Å². The highest BCUT2D eigenvalue weighted by Crippen LogP contribution is 2.46. The molecule has 0 saturated heterocycles. The molecule has 0 fully saturated rings. The van der Waals surface area contributed by atoms with Crippen LogP contribution in [0.25, 0.3) is 98.8 Å². The van der Waals surface area contributed by atoms with Crippen molar-refractivity contribution in [2.24, 2.45) is 0 Å². The fourth-order valence-corrected chi connectivity index (χ4v) is 7.77. The molecule has 0 aliphatic rings. The second-order valence-electron chi connectivity index (χ2n) is 12.8. The van der Waals surface area contributed by atoms with Gasteiger partial charge < -0.3 is 4.42 Å². The number of rotatable bonds is 4. The molecule has 0 bridgehead atoms. The Morgan fingerprint density at radius 1 is 0.265 bits per heavy atom. The van der Waals surface area contributed by atoms with Crippen molar-refractivity contribution in [3.63, 3.8) is 0 Å². The van der Waals surface area contributed by atoms with Gasteiger partial charge in [0.25, 0.3) is 0 Å². The van der Waals surface area contributed by atoms with Crippen LogP contribution in [0.3, 0.4) is 0 Å². The van der Waals surface area contributed by atoms with Crippen LogP contribution in [0, 0.1) is 0 Å². The molecule has 1 heterocycles. The van der Waals surface area contributed by atoms with E-state index in [-0.39, 0.29) is 0 Å². The molecule has 0 aliphatic heterocycles. The van der Waals surface area contributed by atoms with Gasteiger partial charge in [-0.15, -0.1) is 0 Å². The van der Waals surface area contributed by atoms with Crippen molar-refractivity contribution in [2.45, 2.75) is 0 Å². The Hall–Kier alpha value is -6.44. The Balaban J connectivity index is 1.22. The Bertz CT molecular complexity index is 2850. The van der Waals surface area contributed by atoms with Gasteiger partial charge in [0.2, 0.25) is 0 Å². The molecule has 0 saturated carbocycles. The first-order valence-corrected chi connectivity index (χ1v) is 16.8. The van der Waals surface area contributed by atoms with Crippen LogP contribution in [0.15, 0.2) is 186 Å². The molecule has 0 amide bonds. The van der Waals surface area contributed by atoms with Crippen molar-refractivity contribution in [3.8, 4) is 44.5 Å². The van der Waals surface area contributed by atoms with Crippen molar-refractivity contribution in [3.05, 3.63) is 182 Å². The maximum absolute atomic E-state index is 6.11. The minimum atomic E-state index is 0.917. The van der Waals surface area contributed by atoms with Gasteiger partial charge in [-0.1, -0.05) is 158 Å². The number of furan rings is 1. The molecule has 1 aromatic heterocycles. The highest BCUT2D eigenvalue weighted by Gasteiger charge is 2.19. The lowest BCUT2D eigenvalue weighted by Gasteiger charge is -2.20. The molecule has 0 N–H and O–H groups in total. The summed E-state index contributed by atoms with van der Waals surface area (Å²) in [5, 5.41) is 9.83. The number of para-hydroxylation sites is 1. The molecule has 49 heavy (non-hydrogen) atoms. The van der Waals surface area contributed by atoms with Crippen molar-refractivity contribution < 1.29 is 4.42 Å². The first-order valence-electron chi connectivity index (χ1n) is 16.8. The van der Waals surface area contributed by atoms with E-state index in [2.05, 4.69) is 170 Å². The van der Waals surface area contributed by atoms with Gasteiger partial charge in [0.15, 0.2) is 0 Å². The molecule has 1 nitrogen and oxygen atoms in total. The van der Waals surface area contributed by atoms with Gasteiger partial charge in [0.1, 0.15) is 11.2 Å². The molecule has 0 atom stereocenters. The van der Waals surface area contributed by atoms with Crippen molar-refractivity contribution in [1.29, 1.82) is 0 Å². The summed E-state index contributed by atoms with van der Waals surface area (Å²) in [7, 11) is 0. The summed E-state index contributed by atoms with van der Waals surface area (Å²) in [5.41, 5.74) is 11.6. The van der Waals surface area contributed by atoms with Crippen molar-refractivity contribution in [2.75, 3.05) is 0 Å². The fraction of sp³-hybridized carbons (Fsp3) is 0. The van der Waals surface area contributed by atoms with E-state index < -0.39 is 0 Å². The van der Waals surface area contributed by atoms with Gasteiger partial charge in [-0.2, -0.15) is 0 Å². The molecule has 0 unspecified atom stereocenters. The molecule has 9 aromatic carbocycles. The third-order valence-electron chi connectivity index (χ3n) is 10.1. The van der Waals surface area contributed by atoms with Crippen molar-refractivity contribution in [1.82, 2.24) is 0 Å². The van der Waals surface area contributed by atoms with Gasteiger partial charge in [-0.05, 0) is 101 Å². The summed E-state index contributed by atoms with van der Waals surface area (Å²) < 4.78 is 6.11. The Labute approximate surface area is 284 Å². The summed E-state index contributed by atoms with van der Waals surface area (Å²) in [6.07, 6.45) is 0. The van der Waals surface area contributed by atoms with E-state index in [0.29, 0.717) is 0 Å². The highest BCUT2D eigenvalue weighted by atomic mass is 16.3. The quantitative estimate of drug-likeness (QED) is 0.178. The molecule has 0 spiro atoms. The van der Waals surface area contributed by atoms with E-state index >= 15 is 0 Å². The van der Waals surface area contributed by atoms with Gasteiger partial charge in [-0.3, -0.25) is 0 Å². The van der Waals surface area contributed by atoms with Crippen LogP contribution in [0.4, 0.5) is 0 Å². The average molecular weight is 623 g/mol. The smallest absolute Gasteiger partial charge is 0.135 e. The van der Waals surface area contributed by atoms with Crippen LogP contribution in [-0.2, 0) is 0 Å². The number of hydrogen-bond acceptors (Lipinski definition) is 1. The third kappa shape index (κ3) is 4.47. The lowest BCUT2D eigenvalue weighted by atomic mass is 9.83. The molecule has 0 radical (unpaired) electrons. The summed E-state index contributed by atoms with van der Waals surface area (Å²) in [5.74, 6) is 0. The largest absolute Gasteiger partial charge is 0.456 e. The van der Waals surface area contributed by atoms with Crippen LogP contribution in [0.5, 0.6) is 0 Å².